The van der Waals surface area contributed by atoms with Crippen LogP contribution in [0.2, 0.25) is 0 Å². The van der Waals surface area contributed by atoms with E-state index >= 15 is 0 Å². The van der Waals surface area contributed by atoms with Gasteiger partial charge in [-0.3, -0.25) is 4.79 Å². The molecule has 1 aromatic carbocycles. The predicted octanol–water partition coefficient (Wildman–Crippen LogP) is 1.85. The molecule has 0 saturated carbocycles. The van der Waals surface area contributed by atoms with Gasteiger partial charge in [0.25, 0.3) is 6.43 Å². The maximum absolute atomic E-state index is 13.1. The van der Waals surface area contributed by atoms with Gasteiger partial charge in [-0.15, -0.1) is 0 Å². The zero-order valence-corrected chi connectivity index (χ0v) is 7.45. The third-order valence-electron chi connectivity index (χ3n) is 1.87. The summed E-state index contributed by atoms with van der Waals surface area (Å²) in [5.41, 5.74) is 4.22. The number of benzene rings is 1. The van der Waals surface area contributed by atoms with Crippen LogP contribution >= 0.6 is 0 Å². The van der Waals surface area contributed by atoms with Crippen LogP contribution in [0.1, 0.15) is 23.6 Å². The third-order valence-corrected chi connectivity index (χ3v) is 1.87. The van der Waals surface area contributed by atoms with Gasteiger partial charge < -0.3 is 10.8 Å². The Kier molecular flexibility index (Phi) is 3.31. The van der Waals surface area contributed by atoms with Crippen LogP contribution in [0.4, 0.5) is 13.2 Å². The molecule has 82 valence electrons. The minimum absolute atomic E-state index is 0.444. The van der Waals surface area contributed by atoms with Crippen LogP contribution in [0.15, 0.2) is 18.2 Å². The highest BCUT2D eigenvalue weighted by molar-refractivity contribution is 5.75. The van der Waals surface area contributed by atoms with E-state index in [2.05, 4.69) is 0 Å². The van der Waals surface area contributed by atoms with E-state index in [1.807, 2.05) is 0 Å². The zero-order valence-electron chi connectivity index (χ0n) is 7.45. The van der Waals surface area contributed by atoms with Gasteiger partial charge in [0.1, 0.15) is 11.9 Å². The summed E-state index contributed by atoms with van der Waals surface area (Å²) < 4.78 is 37.5. The van der Waals surface area contributed by atoms with Crippen LogP contribution in [-0.4, -0.2) is 11.1 Å². The summed E-state index contributed by atoms with van der Waals surface area (Å²) in [6.45, 7) is 0. The van der Waals surface area contributed by atoms with Crippen LogP contribution in [0.25, 0.3) is 0 Å². The number of carbonyl (C=O) groups is 1. The first-order chi connectivity index (χ1) is 6.93. The van der Waals surface area contributed by atoms with E-state index in [0.29, 0.717) is 0 Å². The van der Waals surface area contributed by atoms with Crippen LogP contribution in [-0.2, 0) is 4.79 Å². The predicted molar refractivity (Wildman–Crippen MR) is 45.9 cm³/mol. The number of hydrogen-bond acceptors (Lipinski definition) is 2. The van der Waals surface area contributed by atoms with Gasteiger partial charge in [-0.2, -0.15) is 0 Å². The molecular weight excluding hydrogens is 211 g/mol. The van der Waals surface area contributed by atoms with Gasteiger partial charge in [0.2, 0.25) is 0 Å². The minimum Gasteiger partial charge on any atom is -0.480 e. The molecule has 1 rings (SSSR count). The third kappa shape index (κ3) is 2.47. The Morgan fingerprint density at radius 2 is 2.00 bits per heavy atom. The van der Waals surface area contributed by atoms with Crippen molar-refractivity contribution in [1.82, 2.24) is 0 Å². The van der Waals surface area contributed by atoms with Crippen LogP contribution in [0.5, 0.6) is 0 Å². The Hall–Kier alpha value is -1.56. The molecule has 0 spiro atoms. The van der Waals surface area contributed by atoms with E-state index in [4.69, 9.17) is 10.8 Å². The zero-order chi connectivity index (χ0) is 11.6. The second-order valence-corrected chi connectivity index (χ2v) is 2.90. The highest BCUT2D eigenvalue weighted by Gasteiger charge is 2.20. The number of rotatable bonds is 3. The summed E-state index contributed by atoms with van der Waals surface area (Å²) in [6.07, 6.45) is -2.79. The molecule has 0 amide bonds. The molecule has 1 atom stereocenters. The minimum atomic E-state index is -2.79. The smallest absolute Gasteiger partial charge is 0.325 e. The van der Waals surface area contributed by atoms with Gasteiger partial charge in [-0.25, -0.2) is 13.2 Å². The van der Waals surface area contributed by atoms with E-state index in [-0.39, 0.29) is 0 Å². The van der Waals surface area contributed by atoms with Crippen molar-refractivity contribution in [2.45, 2.75) is 12.5 Å². The first-order valence-corrected chi connectivity index (χ1v) is 3.99. The fraction of sp³-hybridized carbons (Fsp3) is 0.222. The van der Waals surface area contributed by atoms with E-state index in [1.165, 1.54) is 0 Å². The monoisotopic (exact) mass is 219 g/mol. The standard InChI is InChI=1S/C9H8F3NO2/c10-6-2-1-4(8(11)12)3-5(6)7(13)9(14)15/h1-3,7-8H,13H2,(H,14,15)/t7-/m0/s1. The number of alkyl halides is 2. The number of carboxylic acids is 1. The van der Waals surface area contributed by atoms with Crippen molar-refractivity contribution >= 4 is 5.97 Å². The Labute approximate surface area is 83.3 Å². The maximum atomic E-state index is 13.1. The van der Waals surface area contributed by atoms with E-state index in [0.717, 1.165) is 18.2 Å². The summed E-state index contributed by atoms with van der Waals surface area (Å²) in [6, 6.07) is 0.792. The topological polar surface area (TPSA) is 63.3 Å². The van der Waals surface area contributed by atoms with Gasteiger partial charge in [0.05, 0.1) is 0 Å². The van der Waals surface area contributed by atoms with Crippen molar-refractivity contribution in [2.24, 2.45) is 5.73 Å². The molecule has 3 nitrogen and oxygen atoms in total. The molecule has 0 fully saturated rings. The molecule has 15 heavy (non-hydrogen) atoms. The summed E-state index contributed by atoms with van der Waals surface area (Å²) in [5.74, 6) is -2.38. The second kappa shape index (κ2) is 4.31. The first-order valence-electron chi connectivity index (χ1n) is 3.99. The van der Waals surface area contributed by atoms with Gasteiger partial charge in [0, 0.05) is 11.1 Å². The lowest BCUT2D eigenvalue weighted by Gasteiger charge is -2.09. The van der Waals surface area contributed by atoms with Crippen molar-refractivity contribution < 1.29 is 23.1 Å². The molecule has 0 aliphatic heterocycles. The SMILES string of the molecule is N[C@H](C(=O)O)c1cc(C(F)F)ccc1F. The molecule has 0 heterocycles. The summed E-state index contributed by atoms with van der Waals surface area (Å²) >= 11 is 0. The van der Waals surface area contributed by atoms with Crippen LogP contribution in [0.3, 0.4) is 0 Å². The number of halogens is 3. The lowest BCUT2D eigenvalue weighted by Crippen LogP contribution is -2.22. The van der Waals surface area contributed by atoms with Crippen molar-refractivity contribution in [3.05, 3.63) is 35.1 Å². The molecule has 0 aromatic heterocycles. The normalized spacial score (nSPS) is 12.9. The fourth-order valence-corrected chi connectivity index (χ4v) is 1.07. The van der Waals surface area contributed by atoms with Crippen molar-refractivity contribution in [3.63, 3.8) is 0 Å². The largest absolute Gasteiger partial charge is 0.480 e. The van der Waals surface area contributed by atoms with E-state index in [9.17, 15) is 18.0 Å². The van der Waals surface area contributed by atoms with Crippen molar-refractivity contribution in [1.29, 1.82) is 0 Å². The lowest BCUT2D eigenvalue weighted by atomic mass is 10.0. The summed E-state index contributed by atoms with van der Waals surface area (Å²) in [5, 5.41) is 8.51. The highest BCUT2D eigenvalue weighted by Crippen LogP contribution is 2.24. The number of hydrogen-bond donors (Lipinski definition) is 2. The Morgan fingerprint density at radius 3 is 2.47 bits per heavy atom. The molecular formula is C9H8F3NO2. The molecule has 0 bridgehead atoms. The molecule has 0 aliphatic carbocycles. The molecule has 3 N–H and O–H groups in total. The molecule has 6 heteroatoms. The highest BCUT2D eigenvalue weighted by atomic mass is 19.3. The first kappa shape index (κ1) is 11.5. The molecule has 0 aliphatic rings. The second-order valence-electron chi connectivity index (χ2n) is 2.90. The van der Waals surface area contributed by atoms with Gasteiger partial charge in [0.15, 0.2) is 0 Å². The molecule has 1 aromatic rings. The molecule has 0 unspecified atom stereocenters. The van der Waals surface area contributed by atoms with Gasteiger partial charge in [-0.1, -0.05) is 6.07 Å². The Morgan fingerprint density at radius 1 is 1.40 bits per heavy atom. The average molecular weight is 219 g/mol. The Balaban J connectivity index is 3.16. The lowest BCUT2D eigenvalue weighted by molar-refractivity contribution is -0.138. The average Bonchev–Trinajstić information content (AvgIpc) is 2.16. The van der Waals surface area contributed by atoms with E-state index < -0.39 is 35.4 Å². The summed E-state index contributed by atoms with van der Waals surface area (Å²) in [7, 11) is 0. The fourth-order valence-electron chi connectivity index (χ4n) is 1.07. The number of carboxylic acid groups (broad SMARTS) is 1. The molecule has 0 radical (unpaired) electrons. The number of aliphatic carboxylic acids is 1. The van der Waals surface area contributed by atoms with Gasteiger partial charge in [-0.05, 0) is 12.1 Å². The van der Waals surface area contributed by atoms with Crippen LogP contribution in [0, 0.1) is 5.82 Å². The van der Waals surface area contributed by atoms with Gasteiger partial charge >= 0.3 is 5.97 Å². The molecule has 0 saturated heterocycles. The van der Waals surface area contributed by atoms with E-state index in [1.54, 1.807) is 0 Å². The number of nitrogens with two attached hydrogens (primary N) is 1. The Bertz CT molecular complexity index is 382. The quantitative estimate of drug-likeness (QED) is 0.815. The maximum Gasteiger partial charge on any atom is 0.325 e. The van der Waals surface area contributed by atoms with Crippen molar-refractivity contribution in [3.8, 4) is 0 Å². The van der Waals surface area contributed by atoms with Crippen LogP contribution < -0.4 is 5.73 Å². The van der Waals surface area contributed by atoms with Crippen molar-refractivity contribution in [2.75, 3.05) is 0 Å². The summed E-state index contributed by atoms with van der Waals surface area (Å²) in [4.78, 5) is 10.5.